The largest absolute Gasteiger partial charge is 0.472 e. The number of carbonyl (C=O) groups excluding carboxylic acids is 3. The topological polar surface area (TPSA) is 153 Å². The molecule has 0 amide bonds. The Balaban J connectivity index is 1.60. The maximum absolute atomic E-state index is 14.1. The van der Waals surface area contributed by atoms with Crippen LogP contribution in [0.3, 0.4) is 0 Å². The summed E-state index contributed by atoms with van der Waals surface area (Å²) >= 11 is 0. The summed E-state index contributed by atoms with van der Waals surface area (Å²) in [5.41, 5.74) is -8.82. The van der Waals surface area contributed by atoms with Crippen LogP contribution in [-0.2, 0) is 28.6 Å². The van der Waals surface area contributed by atoms with E-state index in [-0.39, 0.29) is 25.0 Å². The van der Waals surface area contributed by atoms with E-state index in [1.165, 1.54) is 12.5 Å². The van der Waals surface area contributed by atoms with E-state index in [0.29, 0.717) is 5.56 Å². The molecule has 3 N–H and O–H groups in total. The number of hydrogen-bond acceptors (Lipinski definition) is 10. The number of carbonyl (C=O) groups is 3. The third-order valence-corrected chi connectivity index (χ3v) is 11.2. The van der Waals surface area contributed by atoms with Crippen LogP contribution in [0.25, 0.3) is 0 Å². The van der Waals surface area contributed by atoms with Crippen molar-refractivity contribution < 1.29 is 48.3 Å². The molecule has 0 aromatic carbocycles. The van der Waals surface area contributed by atoms with Crippen LogP contribution in [0, 0.1) is 28.1 Å². The number of hydrogen-bond donors (Lipinski definition) is 3. The fraction of sp³-hybridized carbons (Fsp3) is 0.741. The van der Waals surface area contributed by atoms with Crippen LogP contribution in [0.2, 0.25) is 0 Å². The molecule has 1 unspecified atom stereocenters. The number of ether oxygens (including phenoxy) is 3. The highest BCUT2D eigenvalue weighted by Crippen LogP contribution is 2.78. The van der Waals surface area contributed by atoms with Gasteiger partial charge in [-0.3, -0.25) is 9.59 Å². The molecule has 10 heteroatoms. The second-order valence-electron chi connectivity index (χ2n) is 12.8. The first-order chi connectivity index (χ1) is 17.2. The van der Waals surface area contributed by atoms with Crippen molar-refractivity contribution in [3.05, 3.63) is 24.2 Å². The van der Waals surface area contributed by atoms with Crippen LogP contribution in [0.5, 0.6) is 0 Å². The number of furan rings is 1. The molecule has 6 rings (SSSR count). The minimum Gasteiger partial charge on any atom is -0.472 e. The highest BCUT2D eigenvalue weighted by molar-refractivity contribution is 5.94. The van der Waals surface area contributed by atoms with Gasteiger partial charge in [0.2, 0.25) is 0 Å². The van der Waals surface area contributed by atoms with Gasteiger partial charge in [-0.25, -0.2) is 4.79 Å². The quantitative estimate of drug-likeness (QED) is 0.501. The molecule has 2 aliphatic heterocycles. The smallest absolute Gasteiger partial charge is 0.335 e. The van der Waals surface area contributed by atoms with Crippen molar-refractivity contribution >= 4 is 17.7 Å². The van der Waals surface area contributed by atoms with E-state index in [2.05, 4.69) is 0 Å². The summed E-state index contributed by atoms with van der Waals surface area (Å²) in [5, 5.41) is 36.8. The minimum atomic E-state index is -2.00. The molecule has 1 aromatic rings. The van der Waals surface area contributed by atoms with Gasteiger partial charge in [-0.2, -0.15) is 0 Å². The molecule has 5 aliphatic rings. The van der Waals surface area contributed by atoms with Crippen LogP contribution in [0.1, 0.15) is 65.0 Å². The number of cyclic esters (lactones) is 1. The fourth-order valence-electron chi connectivity index (χ4n) is 9.49. The lowest BCUT2D eigenvalue weighted by Crippen LogP contribution is -2.85. The summed E-state index contributed by atoms with van der Waals surface area (Å²) in [6, 6.07) is 1.67. The number of rotatable bonds is 3. The van der Waals surface area contributed by atoms with Crippen molar-refractivity contribution in [2.45, 2.75) is 88.5 Å². The summed E-state index contributed by atoms with van der Waals surface area (Å²) in [5.74, 6) is -3.64. The van der Waals surface area contributed by atoms with E-state index in [1.54, 1.807) is 26.8 Å². The molecule has 3 heterocycles. The maximum Gasteiger partial charge on any atom is 0.335 e. The molecule has 1 aromatic heterocycles. The van der Waals surface area contributed by atoms with E-state index in [9.17, 15) is 29.7 Å². The summed E-state index contributed by atoms with van der Waals surface area (Å²) in [4.78, 5) is 39.8. The first-order valence-corrected chi connectivity index (χ1v) is 12.8. The summed E-state index contributed by atoms with van der Waals surface area (Å²) < 4.78 is 22.6. The third-order valence-electron chi connectivity index (χ3n) is 11.2. The van der Waals surface area contributed by atoms with Gasteiger partial charge in [0, 0.05) is 22.8 Å². The number of fused-ring (bicyclic) bond motifs is 3. The van der Waals surface area contributed by atoms with Gasteiger partial charge in [-0.05, 0) is 37.7 Å². The van der Waals surface area contributed by atoms with E-state index >= 15 is 0 Å². The molecule has 3 bridgehead atoms. The molecular formula is C27H34O10. The molecular weight excluding hydrogens is 484 g/mol. The summed E-state index contributed by atoms with van der Waals surface area (Å²) in [6.45, 7) is 6.99. The van der Waals surface area contributed by atoms with Gasteiger partial charge in [0.15, 0.2) is 6.10 Å². The molecule has 2 saturated heterocycles. The SMILES string of the molecule is COC(=O)[C@H](O)[C@H]1C(C)(C)[C@@H]2O[C@@]34C[C@@H]2C(=O)[C@]1(C)[C@@]3(O)CC[C@@]1(C)[C@H](c2ccoc2)OC(=O)CC14O. The Kier molecular flexibility index (Phi) is 4.75. The number of aliphatic hydroxyl groups excluding tert-OH is 1. The molecule has 3 saturated carbocycles. The van der Waals surface area contributed by atoms with Gasteiger partial charge in [0.25, 0.3) is 0 Å². The third kappa shape index (κ3) is 2.41. The summed E-state index contributed by atoms with van der Waals surface area (Å²) in [7, 11) is 1.15. The molecule has 37 heavy (non-hydrogen) atoms. The lowest BCUT2D eigenvalue weighted by molar-refractivity contribution is -0.359. The normalized spacial score (nSPS) is 50.2. The van der Waals surface area contributed by atoms with E-state index in [4.69, 9.17) is 18.6 Å². The lowest BCUT2D eigenvalue weighted by atomic mass is 9.35. The van der Waals surface area contributed by atoms with Gasteiger partial charge in [-0.1, -0.05) is 20.8 Å². The van der Waals surface area contributed by atoms with Crippen molar-refractivity contribution in [1.82, 2.24) is 0 Å². The fourth-order valence-corrected chi connectivity index (χ4v) is 9.49. The van der Waals surface area contributed by atoms with Crippen molar-refractivity contribution in [2.24, 2.45) is 28.1 Å². The lowest BCUT2D eigenvalue weighted by Gasteiger charge is -2.71. The Labute approximate surface area is 214 Å². The zero-order chi connectivity index (χ0) is 27.0. The van der Waals surface area contributed by atoms with Crippen LogP contribution < -0.4 is 0 Å². The average Bonchev–Trinajstić information content (AvgIpc) is 3.50. The Hall–Kier alpha value is -2.27. The molecule has 1 spiro atoms. The van der Waals surface area contributed by atoms with E-state index in [0.717, 1.165) is 7.11 Å². The van der Waals surface area contributed by atoms with Crippen LogP contribution in [0.15, 0.2) is 23.0 Å². The van der Waals surface area contributed by atoms with Gasteiger partial charge in [0.1, 0.15) is 28.7 Å². The first kappa shape index (κ1) is 25.0. The minimum absolute atomic E-state index is 0.0138. The van der Waals surface area contributed by atoms with Crippen molar-refractivity contribution in [3.63, 3.8) is 0 Å². The number of esters is 2. The van der Waals surface area contributed by atoms with Gasteiger partial charge in [-0.15, -0.1) is 0 Å². The zero-order valence-corrected chi connectivity index (χ0v) is 21.6. The highest BCUT2D eigenvalue weighted by atomic mass is 16.6. The number of methoxy groups -OCH3 is 1. The summed E-state index contributed by atoms with van der Waals surface area (Å²) in [6.07, 6.45) is -0.701. The standard InChI is InChI=1S/C27H34O10/c1-22(2)17(16(29)21(31)34-5)24(4)18(30)14-10-27(37-20(14)22)25(24,32)8-7-23(3)19(13-6-9-35-12-13)36-15(28)11-26(23,27)33/h6,9,12,14,16-17,19-20,29,32-33H,7-8,10-11H2,1-5H3/t14-,16-,17+,19+,20-,23+,24-,25+,26?,27+/m1/s1. The van der Waals surface area contributed by atoms with Gasteiger partial charge in [0.05, 0.1) is 37.6 Å². The van der Waals surface area contributed by atoms with Crippen LogP contribution >= 0.6 is 0 Å². The predicted octanol–water partition coefficient (Wildman–Crippen LogP) is 1.45. The molecule has 3 aliphatic carbocycles. The monoisotopic (exact) mass is 518 g/mol. The first-order valence-electron chi connectivity index (χ1n) is 12.8. The van der Waals surface area contributed by atoms with E-state index in [1.807, 2.05) is 6.92 Å². The van der Waals surface area contributed by atoms with E-state index < -0.39 is 81.6 Å². The Morgan fingerprint density at radius 1 is 1.14 bits per heavy atom. The number of ketones is 1. The van der Waals surface area contributed by atoms with Gasteiger partial charge >= 0.3 is 11.9 Å². The predicted molar refractivity (Wildman–Crippen MR) is 124 cm³/mol. The number of aliphatic hydroxyl groups is 3. The van der Waals surface area contributed by atoms with Crippen molar-refractivity contribution in [3.8, 4) is 0 Å². The second-order valence-corrected chi connectivity index (χ2v) is 12.8. The molecule has 0 radical (unpaired) electrons. The average molecular weight is 519 g/mol. The molecule has 5 fully saturated rings. The Morgan fingerprint density at radius 3 is 2.46 bits per heavy atom. The highest BCUT2D eigenvalue weighted by Gasteiger charge is 2.90. The van der Waals surface area contributed by atoms with Crippen molar-refractivity contribution in [1.29, 1.82) is 0 Å². The molecule has 202 valence electrons. The second kappa shape index (κ2) is 7.02. The van der Waals surface area contributed by atoms with Crippen LogP contribution in [-0.4, -0.2) is 69.2 Å². The maximum atomic E-state index is 14.1. The molecule has 10 atom stereocenters. The Morgan fingerprint density at radius 2 is 1.84 bits per heavy atom. The number of Topliss-reactive ketones (excluding diaryl/α,β-unsaturated/α-hetero) is 1. The molecule has 10 nitrogen and oxygen atoms in total. The van der Waals surface area contributed by atoms with Crippen molar-refractivity contribution in [2.75, 3.05) is 7.11 Å². The van der Waals surface area contributed by atoms with Gasteiger partial charge < -0.3 is 33.9 Å². The zero-order valence-electron chi connectivity index (χ0n) is 21.6. The Bertz CT molecular complexity index is 1190. The van der Waals surface area contributed by atoms with Crippen LogP contribution in [0.4, 0.5) is 0 Å².